The maximum atomic E-state index is 5.80. The van der Waals surface area contributed by atoms with E-state index in [0.717, 1.165) is 11.3 Å². The van der Waals surface area contributed by atoms with Crippen molar-refractivity contribution in [3.05, 3.63) is 34.9 Å². The van der Waals surface area contributed by atoms with Gasteiger partial charge in [0.2, 0.25) is 3.79 Å². The molecule has 86 valence electrons. The predicted molar refractivity (Wildman–Crippen MR) is 69.8 cm³/mol. The molecule has 1 aromatic rings. The Kier molecular flexibility index (Phi) is 3.55. The van der Waals surface area contributed by atoms with Crippen LogP contribution in [-0.2, 0) is 0 Å². The normalized spacial score (nSPS) is 20.5. The molecule has 1 aliphatic rings. The minimum absolute atomic E-state index is 0.289. The zero-order chi connectivity index (χ0) is 11.8. The first kappa shape index (κ1) is 12.3. The van der Waals surface area contributed by atoms with Gasteiger partial charge in [-0.15, -0.1) is 0 Å². The largest absolute Gasteiger partial charge is 0.302 e. The Morgan fingerprint density at radius 3 is 2.31 bits per heavy atom. The smallest absolute Gasteiger partial charge is 0.212 e. The fourth-order valence-electron chi connectivity index (χ4n) is 1.45. The molecule has 2 rings (SSSR count). The van der Waals surface area contributed by atoms with Gasteiger partial charge in [-0.25, -0.2) is 0 Å². The maximum absolute atomic E-state index is 5.80. The zero-order valence-corrected chi connectivity index (χ0v) is 11.1. The summed E-state index contributed by atoms with van der Waals surface area (Å²) in [5.74, 6) is 0. The lowest BCUT2D eigenvalue weighted by Gasteiger charge is -2.18. The number of hydrogen-bond acceptors (Lipinski definition) is 2. The molecule has 1 atom stereocenters. The third-order valence-corrected chi connectivity index (χ3v) is 3.37. The van der Waals surface area contributed by atoms with Gasteiger partial charge >= 0.3 is 0 Å². The molecule has 1 heterocycles. The molecule has 0 aromatic heterocycles. The molecule has 0 aliphatic carbocycles. The third-order valence-electron chi connectivity index (χ3n) is 2.33. The Bertz CT molecular complexity index is 408. The van der Waals surface area contributed by atoms with Gasteiger partial charge in [-0.2, -0.15) is 5.10 Å². The van der Waals surface area contributed by atoms with Crippen LogP contribution in [0.2, 0.25) is 5.02 Å². The molecule has 0 saturated heterocycles. The van der Waals surface area contributed by atoms with Crippen LogP contribution >= 0.6 is 46.4 Å². The van der Waals surface area contributed by atoms with E-state index in [1.165, 1.54) is 0 Å². The van der Waals surface area contributed by atoms with E-state index in [9.17, 15) is 0 Å². The highest BCUT2D eigenvalue weighted by molar-refractivity contribution is 6.68. The average molecular weight is 298 g/mol. The van der Waals surface area contributed by atoms with E-state index in [2.05, 4.69) is 10.5 Å². The van der Waals surface area contributed by atoms with Crippen molar-refractivity contribution in [3.8, 4) is 0 Å². The van der Waals surface area contributed by atoms with E-state index in [0.29, 0.717) is 11.4 Å². The summed E-state index contributed by atoms with van der Waals surface area (Å²) in [5.41, 5.74) is 4.67. The molecule has 6 heteroatoms. The van der Waals surface area contributed by atoms with Gasteiger partial charge < -0.3 is 5.43 Å². The first-order valence-electron chi connectivity index (χ1n) is 4.61. The van der Waals surface area contributed by atoms with Crippen molar-refractivity contribution in [2.45, 2.75) is 16.3 Å². The SMILES string of the molecule is Clc1ccc(C2=NN[C@H](C(Cl)(Cl)Cl)C2)cc1. The van der Waals surface area contributed by atoms with Gasteiger partial charge in [-0.1, -0.05) is 58.5 Å². The van der Waals surface area contributed by atoms with E-state index in [1.807, 2.05) is 24.3 Å². The van der Waals surface area contributed by atoms with Gasteiger partial charge in [0.1, 0.15) is 0 Å². The molecule has 0 saturated carbocycles. The third kappa shape index (κ3) is 2.75. The van der Waals surface area contributed by atoms with Crippen molar-refractivity contribution in [3.63, 3.8) is 0 Å². The van der Waals surface area contributed by atoms with E-state index in [-0.39, 0.29) is 6.04 Å². The Labute approximate surface area is 114 Å². The van der Waals surface area contributed by atoms with E-state index in [1.54, 1.807) is 0 Å². The van der Waals surface area contributed by atoms with Crippen molar-refractivity contribution in [1.29, 1.82) is 0 Å². The molecule has 2 nitrogen and oxygen atoms in total. The number of nitrogens with zero attached hydrogens (tertiary/aromatic N) is 1. The summed E-state index contributed by atoms with van der Waals surface area (Å²) in [6, 6.07) is 7.11. The van der Waals surface area contributed by atoms with Crippen LogP contribution in [0.4, 0.5) is 0 Å². The van der Waals surface area contributed by atoms with Crippen molar-refractivity contribution in [1.82, 2.24) is 5.43 Å². The monoisotopic (exact) mass is 296 g/mol. The first-order chi connectivity index (χ1) is 7.47. The molecule has 1 aromatic carbocycles. The van der Waals surface area contributed by atoms with Crippen LogP contribution in [0.5, 0.6) is 0 Å². The van der Waals surface area contributed by atoms with E-state index >= 15 is 0 Å². The number of alkyl halides is 3. The molecule has 0 bridgehead atoms. The van der Waals surface area contributed by atoms with Crippen LogP contribution in [-0.4, -0.2) is 15.5 Å². The Balaban J connectivity index is 2.12. The lowest BCUT2D eigenvalue weighted by molar-refractivity contribution is 0.595. The van der Waals surface area contributed by atoms with Crippen LogP contribution in [0.3, 0.4) is 0 Å². The van der Waals surface area contributed by atoms with Crippen LogP contribution in [0.1, 0.15) is 12.0 Å². The Morgan fingerprint density at radius 2 is 1.81 bits per heavy atom. The van der Waals surface area contributed by atoms with E-state index in [4.69, 9.17) is 46.4 Å². The average Bonchev–Trinajstić information content (AvgIpc) is 2.67. The first-order valence-corrected chi connectivity index (χ1v) is 6.13. The summed E-state index contributed by atoms with van der Waals surface area (Å²) in [6.45, 7) is 0. The summed E-state index contributed by atoms with van der Waals surface area (Å²) in [6.07, 6.45) is 0.581. The fraction of sp³-hybridized carbons (Fsp3) is 0.300. The lowest BCUT2D eigenvalue weighted by Crippen LogP contribution is -2.33. The van der Waals surface area contributed by atoms with Gasteiger partial charge in [-0.3, -0.25) is 0 Å². The molecule has 0 amide bonds. The van der Waals surface area contributed by atoms with Gasteiger partial charge in [-0.05, 0) is 17.7 Å². The molecule has 0 fully saturated rings. The van der Waals surface area contributed by atoms with Gasteiger partial charge in [0.05, 0.1) is 11.8 Å². The second-order valence-corrected chi connectivity index (χ2v) is 6.30. The number of halogens is 4. The molecule has 1 aliphatic heterocycles. The second-order valence-electron chi connectivity index (χ2n) is 3.49. The Hall–Kier alpha value is -0.150. The summed E-state index contributed by atoms with van der Waals surface area (Å²) in [5, 5.41) is 4.84. The quantitative estimate of drug-likeness (QED) is 0.784. The van der Waals surface area contributed by atoms with Crippen molar-refractivity contribution in [2.75, 3.05) is 0 Å². The van der Waals surface area contributed by atoms with Crippen molar-refractivity contribution < 1.29 is 0 Å². The highest BCUT2D eigenvalue weighted by atomic mass is 35.6. The summed E-state index contributed by atoms with van der Waals surface area (Å²) in [4.78, 5) is 0. The minimum atomic E-state index is -1.35. The molecule has 0 unspecified atom stereocenters. The summed E-state index contributed by atoms with van der Waals surface area (Å²) in [7, 11) is 0. The maximum Gasteiger partial charge on any atom is 0.212 e. The number of hydrazone groups is 1. The minimum Gasteiger partial charge on any atom is -0.302 e. The molecule has 1 N–H and O–H groups in total. The predicted octanol–water partition coefficient (Wildman–Crippen LogP) is 3.78. The Morgan fingerprint density at radius 1 is 1.19 bits per heavy atom. The molecular weight excluding hydrogens is 290 g/mol. The van der Waals surface area contributed by atoms with Crippen molar-refractivity contribution in [2.24, 2.45) is 5.10 Å². The second kappa shape index (κ2) is 4.61. The summed E-state index contributed by atoms with van der Waals surface area (Å²) < 4.78 is -1.35. The topological polar surface area (TPSA) is 24.4 Å². The number of nitrogens with one attached hydrogen (secondary N) is 1. The number of benzene rings is 1. The van der Waals surface area contributed by atoms with E-state index < -0.39 is 3.79 Å². The van der Waals surface area contributed by atoms with Crippen LogP contribution in [0.15, 0.2) is 29.4 Å². The molecule has 16 heavy (non-hydrogen) atoms. The molecular formula is C10H8Cl4N2. The molecule has 0 radical (unpaired) electrons. The lowest BCUT2D eigenvalue weighted by atomic mass is 10.1. The van der Waals surface area contributed by atoms with Crippen molar-refractivity contribution >= 4 is 52.1 Å². The van der Waals surface area contributed by atoms with Crippen LogP contribution in [0, 0.1) is 0 Å². The standard InChI is InChI=1S/C10H8Cl4N2/c11-7-3-1-6(2-4-7)8-5-9(16-15-8)10(12,13)14/h1-4,9,16H,5H2/t9-/m0/s1. The highest BCUT2D eigenvalue weighted by Crippen LogP contribution is 2.34. The van der Waals surface area contributed by atoms with Gasteiger partial charge in [0.15, 0.2) is 0 Å². The summed E-state index contributed by atoms with van der Waals surface area (Å²) >= 11 is 23.2. The number of rotatable bonds is 1. The highest BCUT2D eigenvalue weighted by Gasteiger charge is 2.36. The zero-order valence-electron chi connectivity index (χ0n) is 8.05. The molecule has 0 spiro atoms. The van der Waals surface area contributed by atoms with Gasteiger partial charge in [0.25, 0.3) is 0 Å². The fourth-order valence-corrected chi connectivity index (χ4v) is 1.96. The number of hydrogen-bond donors (Lipinski definition) is 1. The van der Waals surface area contributed by atoms with Gasteiger partial charge in [0, 0.05) is 11.4 Å². The van der Waals surface area contributed by atoms with Crippen LogP contribution < -0.4 is 5.43 Å². The van der Waals surface area contributed by atoms with Crippen LogP contribution in [0.25, 0.3) is 0 Å².